The first-order valence-electron chi connectivity index (χ1n) is 8.39. The number of halogens is 1. The van der Waals surface area contributed by atoms with Crippen LogP contribution < -0.4 is 14.8 Å². The molecule has 2 rings (SSSR count). The summed E-state index contributed by atoms with van der Waals surface area (Å²) in [5, 5.41) is 2.99. The number of nitrogens with one attached hydrogen (secondary N) is 1. The van der Waals surface area contributed by atoms with Crippen LogP contribution in [-0.2, 0) is 6.42 Å². The van der Waals surface area contributed by atoms with Crippen LogP contribution in [0, 0.1) is 10.5 Å². The van der Waals surface area contributed by atoms with Gasteiger partial charge in [0.25, 0.3) is 5.91 Å². The molecule has 134 valence electrons. The Kier molecular flexibility index (Phi) is 7.55. The highest BCUT2D eigenvalue weighted by Gasteiger charge is 2.09. The summed E-state index contributed by atoms with van der Waals surface area (Å²) >= 11 is 2.20. The molecule has 1 amide bonds. The SMILES string of the molecule is CCOc1ccc(CCCNC(=O)c2ccc(C)cc2I)cc1OC. The molecule has 5 heteroatoms. The van der Waals surface area contributed by atoms with Crippen molar-refractivity contribution < 1.29 is 14.3 Å². The summed E-state index contributed by atoms with van der Waals surface area (Å²) in [7, 11) is 1.64. The molecule has 0 saturated carbocycles. The number of aryl methyl sites for hydroxylation is 2. The van der Waals surface area contributed by atoms with Crippen LogP contribution in [0.15, 0.2) is 36.4 Å². The Hall–Kier alpha value is -1.76. The molecule has 0 aliphatic heterocycles. The van der Waals surface area contributed by atoms with Gasteiger partial charge in [-0.05, 0) is 79.1 Å². The van der Waals surface area contributed by atoms with Crippen molar-refractivity contribution in [2.45, 2.75) is 26.7 Å². The Bertz CT molecular complexity index is 731. The summed E-state index contributed by atoms with van der Waals surface area (Å²) in [4.78, 5) is 12.3. The Balaban J connectivity index is 1.85. The lowest BCUT2D eigenvalue weighted by Gasteiger charge is -2.11. The molecule has 0 fully saturated rings. The molecule has 0 radical (unpaired) electrons. The maximum atomic E-state index is 12.3. The van der Waals surface area contributed by atoms with E-state index in [0.29, 0.717) is 13.2 Å². The molecule has 4 nitrogen and oxygen atoms in total. The third kappa shape index (κ3) is 5.63. The molecular formula is C20H24INO3. The summed E-state index contributed by atoms with van der Waals surface area (Å²) in [5.74, 6) is 1.49. The van der Waals surface area contributed by atoms with Crippen LogP contribution in [0.2, 0.25) is 0 Å². The van der Waals surface area contributed by atoms with Gasteiger partial charge >= 0.3 is 0 Å². The second-order valence-corrected chi connectivity index (χ2v) is 6.92. The minimum Gasteiger partial charge on any atom is -0.493 e. The van der Waals surface area contributed by atoms with Gasteiger partial charge < -0.3 is 14.8 Å². The lowest BCUT2D eigenvalue weighted by molar-refractivity contribution is 0.0952. The second kappa shape index (κ2) is 9.65. The van der Waals surface area contributed by atoms with E-state index in [-0.39, 0.29) is 5.91 Å². The first-order valence-corrected chi connectivity index (χ1v) is 9.47. The van der Waals surface area contributed by atoms with Crippen LogP contribution in [0.1, 0.15) is 34.8 Å². The monoisotopic (exact) mass is 453 g/mol. The summed E-state index contributed by atoms with van der Waals surface area (Å²) in [5.41, 5.74) is 3.05. The fourth-order valence-corrected chi connectivity index (χ4v) is 3.45. The van der Waals surface area contributed by atoms with Gasteiger partial charge in [-0.15, -0.1) is 0 Å². The van der Waals surface area contributed by atoms with Gasteiger partial charge in [0, 0.05) is 10.1 Å². The van der Waals surface area contributed by atoms with Crippen molar-refractivity contribution in [2.75, 3.05) is 20.3 Å². The molecule has 0 saturated heterocycles. The number of ether oxygens (including phenoxy) is 2. The van der Waals surface area contributed by atoms with Gasteiger partial charge in [-0.3, -0.25) is 4.79 Å². The van der Waals surface area contributed by atoms with Gasteiger partial charge in [-0.25, -0.2) is 0 Å². The smallest absolute Gasteiger partial charge is 0.252 e. The number of methoxy groups -OCH3 is 1. The van der Waals surface area contributed by atoms with Gasteiger partial charge in [-0.2, -0.15) is 0 Å². The first kappa shape index (κ1) is 19.6. The fourth-order valence-electron chi connectivity index (χ4n) is 2.54. The molecule has 2 aromatic carbocycles. The lowest BCUT2D eigenvalue weighted by atomic mass is 10.1. The van der Waals surface area contributed by atoms with E-state index < -0.39 is 0 Å². The number of hydrogen-bond donors (Lipinski definition) is 1. The maximum Gasteiger partial charge on any atom is 0.252 e. The van der Waals surface area contributed by atoms with Gasteiger partial charge in [0.2, 0.25) is 0 Å². The van der Waals surface area contributed by atoms with Gasteiger partial charge in [0.15, 0.2) is 11.5 Å². The fraction of sp³-hybridized carbons (Fsp3) is 0.350. The van der Waals surface area contributed by atoms with Crippen LogP contribution in [0.25, 0.3) is 0 Å². The van der Waals surface area contributed by atoms with Crippen LogP contribution in [0.4, 0.5) is 0 Å². The Morgan fingerprint density at radius 2 is 1.96 bits per heavy atom. The number of carbonyl (C=O) groups excluding carboxylic acids is 1. The highest BCUT2D eigenvalue weighted by Crippen LogP contribution is 2.28. The van der Waals surface area contributed by atoms with Crippen molar-refractivity contribution in [1.29, 1.82) is 0 Å². The standard InChI is InChI=1S/C20H24INO3/c1-4-25-18-10-8-15(13-19(18)24-3)6-5-11-22-20(23)16-9-7-14(2)12-17(16)21/h7-10,12-13H,4-6,11H2,1-3H3,(H,22,23). The molecule has 0 spiro atoms. The molecule has 1 N–H and O–H groups in total. The molecule has 0 bridgehead atoms. The zero-order valence-corrected chi connectivity index (χ0v) is 17.1. The normalized spacial score (nSPS) is 10.4. The Morgan fingerprint density at radius 3 is 2.64 bits per heavy atom. The average molecular weight is 453 g/mol. The van der Waals surface area contributed by atoms with Crippen molar-refractivity contribution in [3.8, 4) is 11.5 Å². The molecule has 0 heterocycles. The largest absolute Gasteiger partial charge is 0.493 e. The number of hydrogen-bond acceptors (Lipinski definition) is 3. The molecule has 0 unspecified atom stereocenters. The number of carbonyl (C=O) groups is 1. The second-order valence-electron chi connectivity index (χ2n) is 5.76. The zero-order valence-electron chi connectivity index (χ0n) is 14.9. The molecule has 25 heavy (non-hydrogen) atoms. The van der Waals surface area contributed by atoms with E-state index >= 15 is 0 Å². The summed E-state index contributed by atoms with van der Waals surface area (Å²) < 4.78 is 11.9. The summed E-state index contributed by atoms with van der Waals surface area (Å²) in [6, 6.07) is 11.8. The molecule has 2 aromatic rings. The van der Waals surface area contributed by atoms with E-state index in [1.807, 2.05) is 50.2 Å². The summed E-state index contributed by atoms with van der Waals surface area (Å²) in [6.45, 7) is 5.22. The molecule has 0 aromatic heterocycles. The van der Waals surface area contributed by atoms with E-state index in [1.165, 1.54) is 5.56 Å². The quantitative estimate of drug-likeness (QED) is 0.477. The minimum absolute atomic E-state index is 0.0197. The first-order chi connectivity index (χ1) is 12.0. The number of benzene rings is 2. The minimum atomic E-state index is -0.0197. The topological polar surface area (TPSA) is 47.6 Å². The van der Waals surface area contributed by atoms with E-state index in [4.69, 9.17) is 9.47 Å². The van der Waals surface area contributed by atoms with E-state index in [0.717, 1.165) is 39.0 Å². The van der Waals surface area contributed by atoms with Crippen molar-refractivity contribution in [3.05, 3.63) is 56.7 Å². The van der Waals surface area contributed by atoms with Crippen LogP contribution >= 0.6 is 22.6 Å². The molecular weight excluding hydrogens is 429 g/mol. The maximum absolute atomic E-state index is 12.3. The molecule has 0 atom stereocenters. The Labute approximate surface area is 163 Å². The van der Waals surface area contributed by atoms with E-state index in [2.05, 4.69) is 27.9 Å². The van der Waals surface area contributed by atoms with Crippen LogP contribution in [-0.4, -0.2) is 26.2 Å². The van der Waals surface area contributed by atoms with E-state index in [9.17, 15) is 4.79 Å². The highest BCUT2D eigenvalue weighted by molar-refractivity contribution is 14.1. The zero-order chi connectivity index (χ0) is 18.2. The highest BCUT2D eigenvalue weighted by atomic mass is 127. The van der Waals surface area contributed by atoms with Crippen molar-refractivity contribution in [1.82, 2.24) is 5.32 Å². The average Bonchev–Trinajstić information content (AvgIpc) is 2.59. The number of rotatable bonds is 8. The number of amides is 1. The van der Waals surface area contributed by atoms with Crippen molar-refractivity contribution >= 4 is 28.5 Å². The predicted octanol–water partition coefficient (Wildman–Crippen LogP) is 4.37. The predicted molar refractivity (Wildman–Crippen MR) is 109 cm³/mol. The Morgan fingerprint density at radius 1 is 1.16 bits per heavy atom. The molecule has 0 aliphatic rings. The van der Waals surface area contributed by atoms with Gasteiger partial charge in [-0.1, -0.05) is 17.7 Å². The molecule has 0 aliphatic carbocycles. The van der Waals surface area contributed by atoms with Crippen molar-refractivity contribution in [3.63, 3.8) is 0 Å². The summed E-state index contributed by atoms with van der Waals surface area (Å²) in [6.07, 6.45) is 1.74. The third-order valence-corrected chi connectivity index (χ3v) is 4.72. The van der Waals surface area contributed by atoms with Crippen LogP contribution in [0.5, 0.6) is 11.5 Å². The van der Waals surface area contributed by atoms with Crippen LogP contribution in [0.3, 0.4) is 0 Å². The van der Waals surface area contributed by atoms with E-state index in [1.54, 1.807) is 7.11 Å². The lowest BCUT2D eigenvalue weighted by Crippen LogP contribution is -2.25. The van der Waals surface area contributed by atoms with Gasteiger partial charge in [0.05, 0.1) is 19.3 Å². The third-order valence-electron chi connectivity index (χ3n) is 3.82. The van der Waals surface area contributed by atoms with Gasteiger partial charge in [0.1, 0.15) is 0 Å². The van der Waals surface area contributed by atoms with Crippen molar-refractivity contribution in [2.24, 2.45) is 0 Å².